The van der Waals surface area contributed by atoms with E-state index >= 15 is 4.39 Å². The van der Waals surface area contributed by atoms with Crippen LogP contribution in [0.2, 0.25) is 0 Å². The summed E-state index contributed by atoms with van der Waals surface area (Å²) in [5.41, 5.74) is -0.392. The molecule has 1 fully saturated rings. The number of aryl methyl sites for hydroxylation is 1. The third kappa shape index (κ3) is 4.36. The Balaban J connectivity index is 1.54. The number of rotatable bonds is 4. The molecule has 4 heterocycles. The van der Waals surface area contributed by atoms with Gasteiger partial charge in [-0.05, 0) is 31.4 Å². The summed E-state index contributed by atoms with van der Waals surface area (Å²) in [4.78, 5) is 26.4. The molecule has 13 heteroatoms. The van der Waals surface area contributed by atoms with Crippen LogP contribution in [0.15, 0.2) is 37.1 Å². The molecule has 0 N–H and O–H groups in total. The number of nitrogens with zero attached hydrogens (tertiary/aromatic N) is 7. The third-order valence-electron chi connectivity index (χ3n) is 4.79. The summed E-state index contributed by atoms with van der Waals surface area (Å²) in [6.07, 6.45) is -1.31. The SMILES string of the molecule is Cc1cnc(-n2nccn2)c(C(=O)N2CCC[C@@H](Oc3cnc(C(F)(F)F)cn3)[C@@H]2F)c1. The molecular weight excluding hydrogens is 434 g/mol. The molecule has 1 amide bonds. The lowest BCUT2D eigenvalue weighted by atomic mass is 10.0. The molecule has 0 aliphatic carbocycles. The fourth-order valence-electron chi connectivity index (χ4n) is 3.29. The second-order valence-corrected chi connectivity index (χ2v) is 7.11. The van der Waals surface area contributed by atoms with Gasteiger partial charge in [-0.1, -0.05) is 0 Å². The monoisotopic (exact) mass is 451 g/mol. The second kappa shape index (κ2) is 8.48. The van der Waals surface area contributed by atoms with Crippen molar-refractivity contribution in [3.63, 3.8) is 0 Å². The maximum Gasteiger partial charge on any atom is 0.434 e. The van der Waals surface area contributed by atoms with Gasteiger partial charge in [-0.3, -0.25) is 4.79 Å². The number of carbonyl (C=O) groups is 1. The van der Waals surface area contributed by atoms with Crippen molar-refractivity contribution in [2.24, 2.45) is 0 Å². The molecule has 3 aromatic rings. The standard InChI is InChI=1S/C19H17F4N7O2/c1-11-7-12(17(26-8-11)30-27-4-5-28-30)18(31)29-6-2-3-13(16(29)20)32-15-10-24-14(9-25-15)19(21,22)23/h4-5,7-10,13,16H,2-3,6H2,1H3/t13-,16-/m1/s1. The molecule has 1 aliphatic rings. The van der Waals surface area contributed by atoms with E-state index in [2.05, 4.69) is 25.1 Å². The molecule has 0 saturated carbocycles. The van der Waals surface area contributed by atoms with Crippen molar-refractivity contribution < 1.29 is 27.1 Å². The van der Waals surface area contributed by atoms with Gasteiger partial charge in [0.25, 0.3) is 5.91 Å². The number of piperidine rings is 1. The first-order valence-corrected chi connectivity index (χ1v) is 9.58. The zero-order valence-corrected chi connectivity index (χ0v) is 16.7. The molecule has 4 rings (SSSR count). The van der Waals surface area contributed by atoms with E-state index in [1.165, 1.54) is 18.6 Å². The topological polar surface area (TPSA) is 98.9 Å². The predicted octanol–water partition coefficient (Wildman–Crippen LogP) is 2.76. The first kappa shape index (κ1) is 21.6. The minimum Gasteiger partial charge on any atom is -0.468 e. The third-order valence-corrected chi connectivity index (χ3v) is 4.79. The molecule has 9 nitrogen and oxygen atoms in total. The molecular formula is C19H17F4N7O2. The van der Waals surface area contributed by atoms with Crippen molar-refractivity contribution in [3.05, 3.63) is 53.9 Å². The summed E-state index contributed by atoms with van der Waals surface area (Å²) in [5, 5.41) is 7.95. The number of pyridine rings is 1. The van der Waals surface area contributed by atoms with Gasteiger partial charge in [0, 0.05) is 12.7 Å². The van der Waals surface area contributed by atoms with Crippen molar-refractivity contribution >= 4 is 5.91 Å². The summed E-state index contributed by atoms with van der Waals surface area (Å²) >= 11 is 0. The number of amides is 1. The largest absolute Gasteiger partial charge is 0.468 e. The van der Waals surface area contributed by atoms with Crippen LogP contribution in [-0.4, -0.2) is 59.7 Å². The zero-order chi connectivity index (χ0) is 22.9. The maximum atomic E-state index is 15.3. The van der Waals surface area contributed by atoms with E-state index < -0.39 is 30.2 Å². The van der Waals surface area contributed by atoms with Gasteiger partial charge >= 0.3 is 6.18 Å². The van der Waals surface area contributed by atoms with Gasteiger partial charge in [0.2, 0.25) is 12.2 Å². The van der Waals surface area contributed by atoms with Crippen LogP contribution < -0.4 is 4.74 Å². The van der Waals surface area contributed by atoms with Crippen LogP contribution in [0.25, 0.3) is 5.82 Å². The van der Waals surface area contributed by atoms with E-state index in [4.69, 9.17) is 4.74 Å². The molecule has 2 atom stereocenters. The molecule has 1 saturated heterocycles. The normalized spacial score (nSPS) is 19.1. The van der Waals surface area contributed by atoms with E-state index in [1.807, 2.05) is 0 Å². The molecule has 32 heavy (non-hydrogen) atoms. The molecule has 168 valence electrons. The highest BCUT2D eigenvalue weighted by atomic mass is 19.4. The Morgan fingerprint density at radius 2 is 1.88 bits per heavy atom. The average molecular weight is 451 g/mol. The van der Waals surface area contributed by atoms with E-state index in [9.17, 15) is 18.0 Å². The van der Waals surface area contributed by atoms with Crippen LogP contribution in [0.3, 0.4) is 0 Å². The van der Waals surface area contributed by atoms with Crippen LogP contribution in [0.4, 0.5) is 17.6 Å². The van der Waals surface area contributed by atoms with Gasteiger partial charge in [-0.15, -0.1) is 4.80 Å². The molecule has 0 radical (unpaired) electrons. The summed E-state index contributed by atoms with van der Waals surface area (Å²) in [6.45, 7) is 1.86. The Morgan fingerprint density at radius 1 is 1.12 bits per heavy atom. The second-order valence-electron chi connectivity index (χ2n) is 7.11. The number of aromatic nitrogens is 6. The van der Waals surface area contributed by atoms with E-state index in [-0.39, 0.29) is 30.2 Å². The van der Waals surface area contributed by atoms with Gasteiger partial charge in [0.05, 0.1) is 30.4 Å². The van der Waals surface area contributed by atoms with Gasteiger partial charge < -0.3 is 9.64 Å². The number of halogens is 4. The Bertz CT molecular complexity index is 1090. The van der Waals surface area contributed by atoms with Crippen molar-refractivity contribution in [2.45, 2.75) is 38.3 Å². The van der Waals surface area contributed by atoms with Crippen LogP contribution >= 0.6 is 0 Å². The molecule has 0 spiro atoms. The Kier molecular flexibility index (Phi) is 5.72. The van der Waals surface area contributed by atoms with Gasteiger partial charge in [-0.25, -0.2) is 19.3 Å². The molecule has 0 bridgehead atoms. The molecule has 3 aromatic heterocycles. The first-order valence-electron chi connectivity index (χ1n) is 9.58. The molecule has 0 unspecified atom stereocenters. The number of alkyl halides is 4. The molecule has 1 aliphatic heterocycles. The van der Waals surface area contributed by atoms with Crippen molar-refractivity contribution in [2.75, 3.05) is 6.54 Å². The highest BCUT2D eigenvalue weighted by Crippen LogP contribution is 2.29. The predicted molar refractivity (Wildman–Crippen MR) is 101 cm³/mol. The van der Waals surface area contributed by atoms with Crippen molar-refractivity contribution in [3.8, 4) is 11.7 Å². The summed E-state index contributed by atoms with van der Waals surface area (Å²) in [5.74, 6) is -0.749. The molecule has 0 aromatic carbocycles. The van der Waals surface area contributed by atoms with Gasteiger partial charge in [-0.2, -0.15) is 23.4 Å². The Labute approximate surface area is 179 Å². The number of likely N-dealkylation sites (tertiary alicyclic amines) is 1. The quantitative estimate of drug-likeness (QED) is 0.444. The smallest absolute Gasteiger partial charge is 0.434 e. The summed E-state index contributed by atoms with van der Waals surface area (Å²) < 4.78 is 58.6. The van der Waals surface area contributed by atoms with Crippen LogP contribution in [0.1, 0.15) is 34.5 Å². The zero-order valence-electron chi connectivity index (χ0n) is 16.7. The maximum absolute atomic E-state index is 15.3. The fraction of sp³-hybridized carbons (Fsp3) is 0.368. The van der Waals surface area contributed by atoms with Crippen molar-refractivity contribution in [1.82, 2.24) is 34.8 Å². The number of hydrogen-bond acceptors (Lipinski definition) is 7. The fourth-order valence-corrected chi connectivity index (χ4v) is 3.29. The number of carbonyl (C=O) groups excluding carboxylic acids is 1. The summed E-state index contributed by atoms with van der Waals surface area (Å²) in [7, 11) is 0. The lowest BCUT2D eigenvalue weighted by Crippen LogP contribution is -2.51. The van der Waals surface area contributed by atoms with E-state index in [0.29, 0.717) is 18.2 Å². The highest BCUT2D eigenvalue weighted by Gasteiger charge is 2.38. The van der Waals surface area contributed by atoms with Crippen LogP contribution in [0.5, 0.6) is 5.88 Å². The van der Waals surface area contributed by atoms with Crippen LogP contribution in [-0.2, 0) is 6.18 Å². The van der Waals surface area contributed by atoms with Gasteiger partial charge in [0.1, 0.15) is 0 Å². The lowest BCUT2D eigenvalue weighted by Gasteiger charge is -2.36. The van der Waals surface area contributed by atoms with E-state index in [1.54, 1.807) is 13.0 Å². The Morgan fingerprint density at radius 3 is 2.53 bits per heavy atom. The first-order chi connectivity index (χ1) is 15.2. The lowest BCUT2D eigenvalue weighted by molar-refractivity contribution is -0.141. The summed E-state index contributed by atoms with van der Waals surface area (Å²) in [6, 6.07) is 1.56. The Hall–Kier alpha value is -3.64. The minimum atomic E-state index is -4.65. The van der Waals surface area contributed by atoms with Crippen LogP contribution in [0, 0.1) is 6.92 Å². The van der Waals surface area contributed by atoms with Gasteiger partial charge in [0.15, 0.2) is 17.6 Å². The average Bonchev–Trinajstić information content (AvgIpc) is 3.29. The minimum absolute atomic E-state index is 0.110. The number of ether oxygens (including phenoxy) is 1. The van der Waals surface area contributed by atoms with E-state index in [0.717, 1.165) is 15.9 Å². The highest BCUT2D eigenvalue weighted by molar-refractivity contribution is 5.97. The van der Waals surface area contributed by atoms with Crippen molar-refractivity contribution in [1.29, 1.82) is 0 Å². The number of hydrogen-bond donors (Lipinski definition) is 0.